The number of benzene rings is 2. The Hall–Kier alpha value is -2.73. The van der Waals surface area contributed by atoms with Crippen molar-refractivity contribution in [3.05, 3.63) is 53.5 Å². The van der Waals surface area contributed by atoms with Crippen molar-refractivity contribution >= 4 is 44.7 Å². The number of thiazole rings is 1. The van der Waals surface area contributed by atoms with Crippen LogP contribution in [-0.4, -0.2) is 16.8 Å². The van der Waals surface area contributed by atoms with Crippen LogP contribution < -0.4 is 10.6 Å². The average molecular weight is 353 g/mol. The van der Waals surface area contributed by atoms with Crippen LogP contribution in [0.15, 0.2) is 48.5 Å². The smallest absolute Gasteiger partial charge is 0.224 e. The third-order valence-corrected chi connectivity index (χ3v) is 4.70. The molecule has 5 nitrogen and oxygen atoms in total. The fourth-order valence-electron chi connectivity index (χ4n) is 2.53. The number of hydrogen-bond donors (Lipinski definition) is 2. The number of amides is 2. The topological polar surface area (TPSA) is 71.1 Å². The van der Waals surface area contributed by atoms with Crippen molar-refractivity contribution in [3.63, 3.8) is 0 Å². The molecule has 128 valence electrons. The van der Waals surface area contributed by atoms with E-state index in [1.165, 1.54) is 11.6 Å². The molecular weight excluding hydrogens is 334 g/mol. The van der Waals surface area contributed by atoms with Gasteiger partial charge in [-0.3, -0.25) is 9.59 Å². The molecule has 0 fully saturated rings. The molecule has 0 spiro atoms. The zero-order valence-electron chi connectivity index (χ0n) is 13.9. The van der Waals surface area contributed by atoms with E-state index in [-0.39, 0.29) is 11.8 Å². The first-order valence-electron chi connectivity index (χ1n) is 8.12. The Bertz CT molecular complexity index is 871. The van der Waals surface area contributed by atoms with Gasteiger partial charge >= 0.3 is 0 Å². The van der Waals surface area contributed by atoms with Gasteiger partial charge in [0.25, 0.3) is 0 Å². The van der Waals surface area contributed by atoms with Gasteiger partial charge in [-0.05, 0) is 43.2 Å². The summed E-state index contributed by atoms with van der Waals surface area (Å²) >= 11 is 1.68. The highest BCUT2D eigenvalue weighted by Crippen LogP contribution is 2.23. The second-order valence-electron chi connectivity index (χ2n) is 5.74. The Morgan fingerprint density at radius 2 is 1.80 bits per heavy atom. The zero-order valence-corrected chi connectivity index (χ0v) is 14.7. The van der Waals surface area contributed by atoms with Crippen LogP contribution in [0.3, 0.4) is 0 Å². The van der Waals surface area contributed by atoms with Gasteiger partial charge in [0.1, 0.15) is 0 Å². The van der Waals surface area contributed by atoms with Crippen LogP contribution in [0.2, 0.25) is 0 Å². The number of aryl methyl sites for hydroxylation is 1. The Morgan fingerprint density at radius 1 is 1.04 bits per heavy atom. The molecule has 0 atom stereocenters. The summed E-state index contributed by atoms with van der Waals surface area (Å²) in [4.78, 5) is 27.8. The molecule has 0 aliphatic heterocycles. The summed E-state index contributed by atoms with van der Waals surface area (Å²) in [6.45, 7) is 1.45. The molecule has 0 radical (unpaired) electrons. The second-order valence-corrected chi connectivity index (χ2v) is 6.85. The van der Waals surface area contributed by atoms with Crippen LogP contribution in [-0.2, 0) is 16.0 Å². The Balaban J connectivity index is 1.50. The molecular formula is C19H19N3O2S. The highest BCUT2D eigenvalue weighted by molar-refractivity contribution is 7.18. The number of aromatic nitrogens is 1. The number of para-hydroxylation sites is 1. The van der Waals surface area contributed by atoms with Gasteiger partial charge in [-0.25, -0.2) is 4.98 Å². The summed E-state index contributed by atoms with van der Waals surface area (Å²) in [7, 11) is 0. The lowest BCUT2D eigenvalue weighted by Gasteiger charge is -2.07. The predicted molar refractivity (Wildman–Crippen MR) is 102 cm³/mol. The van der Waals surface area contributed by atoms with Crippen molar-refractivity contribution in [2.45, 2.75) is 26.2 Å². The standard InChI is InChI=1S/C19H19N3O2S/c1-13(23)20-14-6-4-7-15(12-14)21-18(24)10-5-11-19-22-16-8-2-3-9-17(16)25-19/h2-4,6-9,12H,5,10-11H2,1H3,(H,20,23)(H,21,24). The number of anilines is 2. The SMILES string of the molecule is CC(=O)Nc1cccc(NC(=O)CCCc2nc3ccccc3s2)c1. The van der Waals surface area contributed by atoms with Gasteiger partial charge in [0.2, 0.25) is 11.8 Å². The molecule has 2 N–H and O–H groups in total. The van der Waals surface area contributed by atoms with Gasteiger partial charge in [-0.1, -0.05) is 18.2 Å². The first-order chi connectivity index (χ1) is 12.1. The van der Waals surface area contributed by atoms with Crippen molar-refractivity contribution < 1.29 is 9.59 Å². The van der Waals surface area contributed by atoms with Gasteiger partial charge in [0.05, 0.1) is 15.2 Å². The molecule has 2 aromatic carbocycles. The number of nitrogens with zero attached hydrogens (tertiary/aromatic N) is 1. The van der Waals surface area contributed by atoms with E-state index in [1.54, 1.807) is 35.6 Å². The normalized spacial score (nSPS) is 10.6. The fourth-order valence-corrected chi connectivity index (χ4v) is 3.54. The Morgan fingerprint density at radius 3 is 2.56 bits per heavy atom. The van der Waals surface area contributed by atoms with Crippen LogP contribution in [0.4, 0.5) is 11.4 Å². The number of hydrogen-bond acceptors (Lipinski definition) is 4. The maximum absolute atomic E-state index is 12.1. The highest BCUT2D eigenvalue weighted by atomic mass is 32.1. The number of carbonyl (C=O) groups excluding carboxylic acids is 2. The summed E-state index contributed by atoms with van der Waals surface area (Å²) in [5, 5.41) is 6.62. The molecule has 25 heavy (non-hydrogen) atoms. The third kappa shape index (κ3) is 4.87. The third-order valence-electron chi connectivity index (χ3n) is 3.60. The van der Waals surface area contributed by atoms with Gasteiger partial charge in [0.15, 0.2) is 0 Å². The van der Waals surface area contributed by atoms with Crippen molar-refractivity contribution in [1.29, 1.82) is 0 Å². The Labute approximate surface area is 150 Å². The second kappa shape index (κ2) is 7.90. The zero-order chi connectivity index (χ0) is 17.6. The van der Waals surface area contributed by atoms with Crippen LogP contribution in [0.5, 0.6) is 0 Å². The average Bonchev–Trinajstić information content (AvgIpc) is 2.97. The van der Waals surface area contributed by atoms with Crippen molar-refractivity contribution in [2.75, 3.05) is 10.6 Å². The molecule has 3 aromatic rings. The molecule has 0 aliphatic rings. The minimum atomic E-state index is -0.140. The first kappa shape index (κ1) is 17.1. The molecule has 1 heterocycles. The largest absolute Gasteiger partial charge is 0.326 e. The number of fused-ring (bicyclic) bond motifs is 1. The molecule has 0 unspecified atom stereocenters. The molecule has 0 aliphatic carbocycles. The van der Waals surface area contributed by atoms with Crippen LogP contribution in [0, 0.1) is 0 Å². The fraction of sp³-hybridized carbons (Fsp3) is 0.211. The molecule has 2 amide bonds. The summed E-state index contributed by atoms with van der Waals surface area (Å²) in [6, 6.07) is 15.2. The van der Waals surface area contributed by atoms with E-state index in [1.807, 2.05) is 18.2 Å². The highest BCUT2D eigenvalue weighted by Gasteiger charge is 2.07. The molecule has 6 heteroatoms. The van der Waals surface area contributed by atoms with Gasteiger partial charge < -0.3 is 10.6 Å². The molecule has 3 rings (SSSR count). The lowest BCUT2D eigenvalue weighted by Crippen LogP contribution is -2.12. The minimum absolute atomic E-state index is 0.0407. The summed E-state index contributed by atoms with van der Waals surface area (Å²) in [5.74, 6) is -0.180. The Kier molecular flexibility index (Phi) is 5.40. The molecule has 0 saturated carbocycles. The molecule has 0 saturated heterocycles. The van der Waals surface area contributed by atoms with E-state index in [2.05, 4.69) is 21.7 Å². The van der Waals surface area contributed by atoms with E-state index in [0.717, 1.165) is 23.4 Å². The van der Waals surface area contributed by atoms with Crippen LogP contribution in [0.1, 0.15) is 24.8 Å². The quantitative estimate of drug-likeness (QED) is 0.697. The minimum Gasteiger partial charge on any atom is -0.326 e. The first-order valence-corrected chi connectivity index (χ1v) is 8.94. The summed E-state index contributed by atoms with van der Waals surface area (Å²) < 4.78 is 1.18. The molecule has 1 aromatic heterocycles. The van der Waals surface area contributed by atoms with Crippen molar-refractivity contribution in [3.8, 4) is 0 Å². The lowest BCUT2D eigenvalue weighted by molar-refractivity contribution is -0.116. The number of nitrogens with one attached hydrogen (secondary N) is 2. The van der Waals surface area contributed by atoms with E-state index < -0.39 is 0 Å². The number of rotatable bonds is 6. The van der Waals surface area contributed by atoms with E-state index in [9.17, 15) is 9.59 Å². The maximum Gasteiger partial charge on any atom is 0.224 e. The van der Waals surface area contributed by atoms with Gasteiger partial charge in [-0.2, -0.15) is 0 Å². The van der Waals surface area contributed by atoms with E-state index in [4.69, 9.17) is 0 Å². The van der Waals surface area contributed by atoms with Crippen molar-refractivity contribution in [2.24, 2.45) is 0 Å². The van der Waals surface area contributed by atoms with Crippen LogP contribution in [0.25, 0.3) is 10.2 Å². The monoisotopic (exact) mass is 353 g/mol. The summed E-state index contributed by atoms with van der Waals surface area (Å²) in [6.07, 6.45) is 1.97. The van der Waals surface area contributed by atoms with Crippen LogP contribution >= 0.6 is 11.3 Å². The summed E-state index contributed by atoms with van der Waals surface area (Å²) in [5.41, 5.74) is 2.36. The number of carbonyl (C=O) groups is 2. The van der Waals surface area contributed by atoms with E-state index >= 15 is 0 Å². The molecule has 0 bridgehead atoms. The predicted octanol–water partition coefficient (Wildman–Crippen LogP) is 4.22. The maximum atomic E-state index is 12.1. The lowest BCUT2D eigenvalue weighted by atomic mass is 10.2. The van der Waals surface area contributed by atoms with Crippen molar-refractivity contribution in [1.82, 2.24) is 4.98 Å². The van der Waals surface area contributed by atoms with E-state index in [0.29, 0.717) is 17.8 Å². The van der Waals surface area contributed by atoms with Gasteiger partial charge in [0, 0.05) is 24.7 Å². The van der Waals surface area contributed by atoms with Gasteiger partial charge in [-0.15, -0.1) is 11.3 Å².